The van der Waals surface area contributed by atoms with E-state index in [1.807, 2.05) is 34.0 Å². The van der Waals surface area contributed by atoms with E-state index >= 15 is 0 Å². The second-order valence-corrected chi connectivity index (χ2v) is 12.2. The fraction of sp³-hybridized carbons (Fsp3) is 0.0400. The largest absolute Gasteiger partial charge is 0.143 e. The van der Waals surface area contributed by atoms with Gasteiger partial charge in [-0.15, -0.1) is 34.0 Å². The van der Waals surface area contributed by atoms with Crippen LogP contribution in [0.3, 0.4) is 0 Å². The van der Waals surface area contributed by atoms with E-state index in [2.05, 4.69) is 103 Å². The van der Waals surface area contributed by atoms with E-state index in [-0.39, 0.29) is 0 Å². The summed E-state index contributed by atoms with van der Waals surface area (Å²) in [6.07, 6.45) is 0. The maximum Gasteiger partial charge on any atom is 0.0533 e. The summed E-state index contributed by atoms with van der Waals surface area (Å²) in [5, 5.41) is 6.44. The summed E-state index contributed by atoms with van der Waals surface area (Å²) >= 11 is 5.66. The molecule has 29 heavy (non-hydrogen) atoms. The Kier molecular flexibility index (Phi) is 5.48. The van der Waals surface area contributed by atoms with Gasteiger partial charge < -0.3 is 0 Å². The molecule has 2 aromatic carbocycles. The van der Waals surface area contributed by atoms with Crippen molar-refractivity contribution in [2.24, 2.45) is 0 Å². The van der Waals surface area contributed by atoms with Crippen LogP contribution in [0.5, 0.6) is 0 Å². The van der Waals surface area contributed by atoms with Crippen molar-refractivity contribution < 1.29 is 0 Å². The topological polar surface area (TPSA) is 0 Å². The fourth-order valence-corrected chi connectivity index (χ4v) is 9.23. The predicted octanol–water partition coefficient (Wildman–Crippen LogP) is 7.27. The van der Waals surface area contributed by atoms with Crippen LogP contribution in [0.4, 0.5) is 0 Å². The van der Waals surface area contributed by atoms with Gasteiger partial charge in [0.1, 0.15) is 0 Å². The van der Waals surface area contributed by atoms with Gasteiger partial charge in [0.15, 0.2) is 0 Å². The lowest BCUT2D eigenvalue weighted by atomic mass is 10.3. The van der Waals surface area contributed by atoms with Gasteiger partial charge in [-0.3, -0.25) is 0 Å². The molecule has 142 valence electrons. The average molecular weight is 447 g/mol. The molecule has 0 N–H and O–H groups in total. The van der Waals surface area contributed by atoms with Gasteiger partial charge in [-0.05, 0) is 55.1 Å². The monoisotopic (exact) mass is 446 g/mol. The molecule has 0 radical (unpaired) electrons. The van der Waals surface area contributed by atoms with Crippen LogP contribution in [-0.2, 0) is 0 Å². The second-order valence-electron chi connectivity index (χ2n) is 6.72. The number of thiophene rings is 3. The lowest BCUT2D eigenvalue weighted by Gasteiger charge is -2.19. The molecule has 3 heterocycles. The number of hydrogen-bond donors (Lipinski definition) is 0. The fourth-order valence-electron chi connectivity index (χ4n) is 3.40. The van der Waals surface area contributed by atoms with Gasteiger partial charge >= 0.3 is 0 Å². The van der Waals surface area contributed by atoms with Crippen molar-refractivity contribution in [3.05, 3.63) is 101 Å². The quantitative estimate of drug-likeness (QED) is 0.249. The van der Waals surface area contributed by atoms with E-state index in [9.17, 15) is 0 Å². The molecule has 5 rings (SSSR count). The molecule has 0 unspecified atom stereocenters. The molecule has 0 aliphatic heterocycles. The molecule has 4 heteroatoms. The van der Waals surface area contributed by atoms with Crippen LogP contribution in [0.2, 0.25) is 0 Å². The van der Waals surface area contributed by atoms with Crippen molar-refractivity contribution in [2.45, 2.75) is 6.92 Å². The van der Waals surface area contributed by atoms with Crippen LogP contribution >= 0.6 is 41.9 Å². The SMILES string of the molecule is Cc1ccc(-c2sc(-c3cccs3)cc2P(c2ccccc2)c2ccccc2)s1. The Hall–Kier alpha value is -2.03. The molecule has 0 bridgehead atoms. The van der Waals surface area contributed by atoms with Gasteiger partial charge in [0.25, 0.3) is 0 Å². The summed E-state index contributed by atoms with van der Waals surface area (Å²) in [6, 6.07) is 33.3. The molecular formula is C25H19PS3. The Morgan fingerprint density at radius 1 is 0.621 bits per heavy atom. The van der Waals surface area contributed by atoms with Crippen molar-refractivity contribution in [2.75, 3.05) is 0 Å². The zero-order valence-corrected chi connectivity index (χ0v) is 19.3. The Morgan fingerprint density at radius 2 is 1.31 bits per heavy atom. The highest BCUT2D eigenvalue weighted by Crippen LogP contribution is 2.45. The van der Waals surface area contributed by atoms with Crippen molar-refractivity contribution in [3.63, 3.8) is 0 Å². The van der Waals surface area contributed by atoms with Crippen LogP contribution in [0.15, 0.2) is 96.4 Å². The third-order valence-electron chi connectivity index (χ3n) is 4.71. The van der Waals surface area contributed by atoms with E-state index < -0.39 is 7.92 Å². The summed E-state index contributed by atoms with van der Waals surface area (Å²) in [4.78, 5) is 6.89. The first-order chi connectivity index (χ1) is 14.3. The van der Waals surface area contributed by atoms with Crippen molar-refractivity contribution >= 4 is 57.8 Å². The summed E-state index contributed by atoms with van der Waals surface area (Å²) in [5.74, 6) is 0. The van der Waals surface area contributed by atoms with Crippen LogP contribution in [0.25, 0.3) is 19.5 Å². The third-order valence-corrected chi connectivity index (χ3v) is 10.7. The normalized spacial score (nSPS) is 11.2. The van der Waals surface area contributed by atoms with Crippen LogP contribution in [-0.4, -0.2) is 0 Å². The van der Waals surface area contributed by atoms with Crippen LogP contribution in [0, 0.1) is 6.92 Å². The van der Waals surface area contributed by atoms with Gasteiger partial charge in [-0.2, -0.15) is 0 Å². The Morgan fingerprint density at radius 3 is 1.86 bits per heavy atom. The summed E-state index contributed by atoms with van der Waals surface area (Å²) in [5.41, 5.74) is 0. The lowest BCUT2D eigenvalue weighted by Crippen LogP contribution is -2.20. The molecule has 3 aromatic heterocycles. The zero-order chi connectivity index (χ0) is 19.6. The van der Waals surface area contributed by atoms with Crippen LogP contribution in [0.1, 0.15) is 4.88 Å². The molecular weight excluding hydrogens is 427 g/mol. The predicted molar refractivity (Wildman–Crippen MR) is 134 cm³/mol. The highest BCUT2D eigenvalue weighted by molar-refractivity contribution is 7.80. The molecule has 0 amide bonds. The van der Waals surface area contributed by atoms with Crippen molar-refractivity contribution in [1.82, 2.24) is 0 Å². The number of hydrogen-bond acceptors (Lipinski definition) is 3. The van der Waals surface area contributed by atoms with E-state index in [0.717, 1.165) is 0 Å². The third kappa shape index (κ3) is 3.89. The summed E-state index contributed by atoms with van der Waals surface area (Å²) in [6.45, 7) is 2.19. The Balaban J connectivity index is 1.75. The molecule has 0 nitrogen and oxygen atoms in total. The number of benzene rings is 2. The number of rotatable bonds is 5. The lowest BCUT2D eigenvalue weighted by molar-refractivity contribution is 1.64. The van der Waals surface area contributed by atoms with Gasteiger partial charge in [-0.25, -0.2) is 0 Å². The maximum atomic E-state index is 2.45. The van der Waals surface area contributed by atoms with Gasteiger partial charge in [0.05, 0.1) is 4.88 Å². The van der Waals surface area contributed by atoms with E-state index in [0.29, 0.717) is 0 Å². The zero-order valence-electron chi connectivity index (χ0n) is 15.9. The summed E-state index contributed by atoms with van der Waals surface area (Å²) in [7, 11) is -0.614. The minimum Gasteiger partial charge on any atom is -0.143 e. The highest BCUT2D eigenvalue weighted by Gasteiger charge is 2.24. The van der Waals surface area contributed by atoms with Gasteiger partial charge in [0.2, 0.25) is 0 Å². The highest BCUT2D eigenvalue weighted by atomic mass is 32.1. The van der Waals surface area contributed by atoms with Gasteiger partial charge in [0, 0.05) is 24.8 Å². The molecule has 0 saturated carbocycles. The standard InChI is InChI=1S/C25H19PS3/c1-18-14-15-23(28-18)25-21(17-24(29-25)22-13-8-16-27-22)26(19-9-4-2-5-10-19)20-11-6-3-7-12-20/h2-17H,1H3. The van der Waals surface area contributed by atoms with Crippen molar-refractivity contribution in [3.8, 4) is 19.5 Å². The summed E-state index contributed by atoms with van der Waals surface area (Å²) < 4.78 is 0. The minimum absolute atomic E-state index is 0.614. The second kappa shape index (κ2) is 8.38. The smallest absolute Gasteiger partial charge is 0.0533 e. The maximum absolute atomic E-state index is 2.45. The molecule has 0 atom stereocenters. The number of aryl methyl sites for hydroxylation is 1. The van der Waals surface area contributed by atoms with E-state index in [1.165, 1.54) is 40.3 Å². The Labute approximate surface area is 184 Å². The minimum atomic E-state index is -0.614. The van der Waals surface area contributed by atoms with Gasteiger partial charge in [-0.1, -0.05) is 66.7 Å². The molecule has 0 saturated heterocycles. The molecule has 0 aliphatic rings. The van der Waals surface area contributed by atoms with Crippen LogP contribution < -0.4 is 15.9 Å². The molecule has 0 fully saturated rings. The van der Waals surface area contributed by atoms with E-state index in [1.54, 1.807) is 0 Å². The first-order valence-corrected chi connectivity index (χ1v) is 13.3. The van der Waals surface area contributed by atoms with E-state index in [4.69, 9.17) is 0 Å². The average Bonchev–Trinajstić information content (AvgIpc) is 3.50. The van der Waals surface area contributed by atoms with Crippen molar-refractivity contribution in [1.29, 1.82) is 0 Å². The molecule has 0 spiro atoms. The molecule has 0 aliphatic carbocycles. The first-order valence-electron chi connectivity index (χ1n) is 9.44. The first kappa shape index (κ1) is 19.0. The molecule has 5 aromatic rings. The Bertz CT molecular complexity index is 1160.